The molecular formula is C34H27IrN3OS-2. The van der Waals surface area contributed by atoms with Crippen molar-refractivity contribution in [1.29, 1.82) is 0 Å². The van der Waals surface area contributed by atoms with Gasteiger partial charge >= 0.3 is 0 Å². The second-order valence-electron chi connectivity index (χ2n) is 9.90. The van der Waals surface area contributed by atoms with Crippen molar-refractivity contribution in [3.63, 3.8) is 0 Å². The number of thiophene rings is 1. The van der Waals surface area contributed by atoms with Gasteiger partial charge in [0.05, 0.1) is 5.58 Å². The number of pyridine rings is 3. The first kappa shape index (κ1) is 27.9. The third-order valence-electron chi connectivity index (χ3n) is 6.84. The average molecular weight is 718 g/mol. The largest absolute Gasteiger partial charge is 0.486 e. The first-order chi connectivity index (χ1) is 18.9. The van der Waals surface area contributed by atoms with Gasteiger partial charge in [-0.05, 0) is 62.8 Å². The summed E-state index contributed by atoms with van der Waals surface area (Å²) in [5, 5.41) is 3.25. The predicted molar refractivity (Wildman–Crippen MR) is 161 cm³/mol. The Balaban J connectivity index is 0.000000175. The molecule has 5 heterocycles. The van der Waals surface area contributed by atoms with E-state index >= 15 is 0 Å². The summed E-state index contributed by atoms with van der Waals surface area (Å²) < 4.78 is 7.29. The number of aryl methyl sites for hydroxylation is 5. The van der Waals surface area contributed by atoms with E-state index in [-0.39, 0.29) is 20.1 Å². The fourth-order valence-corrected chi connectivity index (χ4v) is 5.47. The van der Waals surface area contributed by atoms with Crippen LogP contribution in [0.15, 0.2) is 77.5 Å². The van der Waals surface area contributed by atoms with Crippen LogP contribution < -0.4 is 0 Å². The second-order valence-corrected chi connectivity index (χ2v) is 11.2. The topological polar surface area (TPSA) is 51.8 Å². The molecule has 201 valence electrons. The molecule has 0 atom stereocenters. The summed E-state index contributed by atoms with van der Waals surface area (Å²) in [6.07, 6.45) is 3.84. The molecule has 0 aliphatic carbocycles. The van der Waals surface area contributed by atoms with Gasteiger partial charge in [-0.3, -0.25) is 0 Å². The van der Waals surface area contributed by atoms with Gasteiger partial charge in [0.25, 0.3) is 0 Å². The van der Waals surface area contributed by atoms with E-state index in [1.807, 2.05) is 43.6 Å². The smallest absolute Gasteiger partial charge is 0.216 e. The second kappa shape index (κ2) is 11.4. The standard InChI is InChI=1S/C20H13N2OS.C14H14N.Ir/c1-11-6-7-15-14-4-3-5-16(19(14)23-20(15)22-11)17-9-18-13(10-21-17)8-12(2)24-18;1-10-4-6-13(7-5-10)14-8-11(2)12(3)9-15-14;/h3-4,6-10H,1-2H3;4-6,8-9H,1-3H3;/q2*-1;. The summed E-state index contributed by atoms with van der Waals surface area (Å²) >= 11 is 1.78. The van der Waals surface area contributed by atoms with E-state index in [0.717, 1.165) is 44.6 Å². The molecule has 0 N–H and O–H groups in total. The normalized spacial score (nSPS) is 10.9. The molecule has 4 nitrogen and oxygen atoms in total. The number of fused-ring (bicyclic) bond motifs is 4. The summed E-state index contributed by atoms with van der Waals surface area (Å²) in [5.74, 6) is 0. The molecule has 7 rings (SSSR count). The molecule has 0 aliphatic rings. The van der Waals surface area contributed by atoms with Gasteiger partial charge in [-0.2, -0.15) is 0 Å². The number of nitrogens with zero attached hydrogens (tertiary/aromatic N) is 3. The summed E-state index contributed by atoms with van der Waals surface area (Å²) in [6.45, 7) is 10.3. The fourth-order valence-electron chi connectivity index (χ4n) is 4.54. The maximum atomic E-state index is 6.06. The Bertz CT molecular complexity index is 1970. The number of benzene rings is 2. The van der Waals surface area contributed by atoms with Crippen molar-refractivity contribution >= 4 is 43.5 Å². The molecule has 1 radical (unpaired) electrons. The van der Waals surface area contributed by atoms with E-state index in [1.54, 1.807) is 11.3 Å². The average Bonchev–Trinajstić information content (AvgIpc) is 3.49. The van der Waals surface area contributed by atoms with Gasteiger partial charge in [-0.1, -0.05) is 35.6 Å². The Hall–Kier alpha value is -3.70. The molecular weight excluding hydrogens is 691 g/mol. The fraction of sp³-hybridized carbons (Fsp3) is 0.147. The third-order valence-corrected chi connectivity index (χ3v) is 7.85. The number of hydrogen-bond acceptors (Lipinski definition) is 5. The zero-order valence-electron chi connectivity index (χ0n) is 22.9. The molecule has 5 aromatic heterocycles. The van der Waals surface area contributed by atoms with Crippen LogP contribution in [0.4, 0.5) is 0 Å². The van der Waals surface area contributed by atoms with Gasteiger partial charge in [0, 0.05) is 58.5 Å². The number of rotatable bonds is 2. The molecule has 0 saturated carbocycles. The van der Waals surface area contributed by atoms with Gasteiger partial charge in [0.2, 0.25) is 5.71 Å². The molecule has 0 spiro atoms. The number of hydrogen-bond donors (Lipinski definition) is 0. The summed E-state index contributed by atoms with van der Waals surface area (Å²) in [5.41, 5.74) is 9.95. The summed E-state index contributed by atoms with van der Waals surface area (Å²) in [4.78, 5) is 14.8. The van der Waals surface area contributed by atoms with Crippen molar-refractivity contribution in [1.82, 2.24) is 15.0 Å². The van der Waals surface area contributed by atoms with Gasteiger partial charge in [-0.15, -0.1) is 64.9 Å². The maximum Gasteiger partial charge on any atom is 0.216 e. The molecule has 2 aromatic carbocycles. The van der Waals surface area contributed by atoms with Gasteiger partial charge in [0.1, 0.15) is 0 Å². The van der Waals surface area contributed by atoms with Crippen molar-refractivity contribution in [2.45, 2.75) is 34.6 Å². The van der Waals surface area contributed by atoms with E-state index in [0.29, 0.717) is 5.71 Å². The van der Waals surface area contributed by atoms with E-state index in [4.69, 9.17) is 4.42 Å². The van der Waals surface area contributed by atoms with Crippen molar-refractivity contribution in [2.24, 2.45) is 0 Å². The van der Waals surface area contributed by atoms with Crippen LogP contribution in [0.3, 0.4) is 0 Å². The molecule has 0 saturated heterocycles. The van der Waals surface area contributed by atoms with Crippen LogP contribution in [-0.2, 0) is 20.1 Å². The van der Waals surface area contributed by atoms with Gasteiger partial charge in [0.15, 0.2) is 0 Å². The zero-order valence-corrected chi connectivity index (χ0v) is 26.1. The molecule has 0 fully saturated rings. The first-order valence-corrected chi connectivity index (χ1v) is 13.7. The Morgan fingerprint density at radius 3 is 2.38 bits per heavy atom. The van der Waals surface area contributed by atoms with Crippen LogP contribution in [0, 0.1) is 46.8 Å². The Labute approximate surface area is 251 Å². The van der Waals surface area contributed by atoms with Crippen LogP contribution in [-0.4, -0.2) is 15.0 Å². The van der Waals surface area contributed by atoms with Gasteiger partial charge < -0.3 is 14.4 Å². The molecule has 0 bridgehead atoms. The van der Waals surface area contributed by atoms with Crippen molar-refractivity contribution in [2.75, 3.05) is 0 Å². The maximum absolute atomic E-state index is 6.06. The van der Waals surface area contributed by atoms with Crippen LogP contribution in [0.25, 0.3) is 54.7 Å². The number of furan rings is 1. The van der Waals surface area contributed by atoms with Crippen LogP contribution in [0.5, 0.6) is 0 Å². The zero-order chi connectivity index (χ0) is 27.1. The van der Waals surface area contributed by atoms with Crippen molar-refractivity contribution in [3.8, 4) is 22.5 Å². The number of aromatic nitrogens is 3. The van der Waals surface area contributed by atoms with Gasteiger partial charge in [-0.25, -0.2) is 4.98 Å². The first-order valence-electron chi connectivity index (χ1n) is 12.8. The van der Waals surface area contributed by atoms with E-state index < -0.39 is 0 Å². The van der Waals surface area contributed by atoms with Crippen LogP contribution in [0.2, 0.25) is 0 Å². The van der Waals surface area contributed by atoms with Crippen molar-refractivity contribution < 1.29 is 24.5 Å². The summed E-state index contributed by atoms with van der Waals surface area (Å²) in [7, 11) is 0. The molecule has 7 aromatic rings. The Morgan fingerprint density at radius 1 is 0.775 bits per heavy atom. The predicted octanol–water partition coefficient (Wildman–Crippen LogP) is 9.15. The minimum absolute atomic E-state index is 0. The van der Waals surface area contributed by atoms with Crippen LogP contribution in [0.1, 0.15) is 27.3 Å². The third kappa shape index (κ3) is 5.48. The van der Waals surface area contributed by atoms with E-state index in [2.05, 4.69) is 91.2 Å². The minimum atomic E-state index is 0. The molecule has 0 unspecified atom stereocenters. The molecule has 0 amide bonds. The Morgan fingerprint density at radius 2 is 1.60 bits per heavy atom. The monoisotopic (exact) mass is 718 g/mol. The van der Waals surface area contributed by atoms with Crippen LogP contribution >= 0.6 is 11.3 Å². The Kier molecular flexibility index (Phi) is 7.95. The molecule has 0 aliphatic heterocycles. The quantitative estimate of drug-likeness (QED) is 0.168. The summed E-state index contributed by atoms with van der Waals surface area (Å²) in [6, 6.07) is 27.1. The molecule has 6 heteroatoms. The van der Waals surface area contributed by atoms with E-state index in [1.165, 1.54) is 31.7 Å². The molecule has 40 heavy (non-hydrogen) atoms. The minimum Gasteiger partial charge on any atom is -0.486 e. The van der Waals surface area contributed by atoms with Crippen molar-refractivity contribution in [3.05, 3.63) is 112 Å². The van der Waals surface area contributed by atoms with E-state index in [9.17, 15) is 0 Å². The SMILES string of the molecule is Cc1c[c-]c(-c2cc(C)c(C)cn2)cc1.Cc1ccc2c(n1)oc1c(-c3cc4sc(C)cc4cn3)[c-]ccc12.[Ir].